The van der Waals surface area contributed by atoms with Crippen LogP contribution in [0, 0.1) is 5.41 Å². The van der Waals surface area contributed by atoms with Crippen LogP contribution in [0.25, 0.3) is 0 Å². The number of ether oxygens (including phenoxy) is 1. The Morgan fingerprint density at radius 1 is 1.00 bits per heavy atom. The average molecular weight is 318 g/mol. The van der Waals surface area contributed by atoms with Crippen LogP contribution in [0.1, 0.15) is 59.3 Å². The molecule has 1 unspecified atom stereocenters. The summed E-state index contributed by atoms with van der Waals surface area (Å²) in [6.07, 6.45) is 1.29. The summed E-state index contributed by atoms with van der Waals surface area (Å²) in [7, 11) is 0. The van der Waals surface area contributed by atoms with Crippen LogP contribution in [0.2, 0.25) is 0 Å². The van der Waals surface area contributed by atoms with Crippen molar-refractivity contribution in [2.45, 2.75) is 64.9 Å². The molecule has 1 atom stereocenters. The molecule has 0 heterocycles. The Morgan fingerprint density at radius 2 is 1.55 bits per heavy atom. The smallest absolute Gasteiger partial charge is 0.337 e. The first-order chi connectivity index (χ1) is 10.2. The number of aliphatic hydroxyl groups is 1. The van der Waals surface area contributed by atoms with Gasteiger partial charge in [-0.25, -0.2) is 4.79 Å². The standard InChI is InChI=1S/C15H26O7/c1-4-7-8-9-22-13(20)14(5-2,6-3)15(21,12(18)19)10-11(16)17/h21H,4-10H2,1-3H3,(H,16,17)(H,18,19). The average Bonchev–Trinajstić information content (AvgIpc) is 2.44. The number of carboxylic acid groups (broad SMARTS) is 2. The molecule has 0 aliphatic carbocycles. The maximum absolute atomic E-state index is 12.4. The number of hydrogen-bond donors (Lipinski definition) is 3. The summed E-state index contributed by atoms with van der Waals surface area (Å²) < 4.78 is 5.11. The molecule has 0 rings (SSSR count). The summed E-state index contributed by atoms with van der Waals surface area (Å²) in [5, 5.41) is 28.7. The van der Waals surface area contributed by atoms with E-state index in [2.05, 4.69) is 0 Å². The summed E-state index contributed by atoms with van der Waals surface area (Å²) >= 11 is 0. The fraction of sp³-hybridized carbons (Fsp3) is 0.800. The summed E-state index contributed by atoms with van der Waals surface area (Å²) in [5.41, 5.74) is -4.49. The first kappa shape index (κ1) is 20.4. The SMILES string of the molecule is CCCCCOC(=O)C(CC)(CC)C(O)(CC(=O)O)C(=O)O. The summed E-state index contributed by atoms with van der Waals surface area (Å²) in [6, 6.07) is 0. The zero-order valence-electron chi connectivity index (χ0n) is 13.4. The molecule has 0 amide bonds. The lowest BCUT2D eigenvalue weighted by atomic mass is 9.66. The fourth-order valence-electron chi connectivity index (χ4n) is 2.62. The zero-order chi connectivity index (χ0) is 17.4. The molecule has 0 aliphatic heterocycles. The van der Waals surface area contributed by atoms with E-state index in [4.69, 9.17) is 9.84 Å². The van der Waals surface area contributed by atoms with Gasteiger partial charge < -0.3 is 20.1 Å². The van der Waals surface area contributed by atoms with Gasteiger partial charge in [0.15, 0.2) is 5.60 Å². The van der Waals surface area contributed by atoms with Crippen molar-refractivity contribution >= 4 is 17.9 Å². The molecule has 0 bridgehead atoms. The summed E-state index contributed by atoms with van der Waals surface area (Å²) in [4.78, 5) is 34.8. The van der Waals surface area contributed by atoms with Gasteiger partial charge in [-0.05, 0) is 19.3 Å². The largest absolute Gasteiger partial charge is 0.481 e. The molecular weight excluding hydrogens is 292 g/mol. The molecule has 0 aliphatic rings. The van der Waals surface area contributed by atoms with E-state index in [0.717, 1.165) is 12.8 Å². The molecule has 3 N–H and O–H groups in total. The van der Waals surface area contributed by atoms with Crippen molar-refractivity contribution in [3.8, 4) is 0 Å². The van der Waals surface area contributed by atoms with E-state index in [1.807, 2.05) is 6.92 Å². The van der Waals surface area contributed by atoms with Crippen molar-refractivity contribution in [2.75, 3.05) is 6.61 Å². The highest BCUT2D eigenvalue weighted by Gasteiger charge is 2.60. The maximum Gasteiger partial charge on any atom is 0.337 e. The Morgan fingerprint density at radius 3 is 1.91 bits per heavy atom. The van der Waals surface area contributed by atoms with Crippen LogP contribution in [0.15, 0.2) is 0 Å². The van der Waals surface area contributed by atoms with Gasteiger partial charge in [-0.15, -0.1) is 0 Å². The van der Waals surface area contributed by atoms with Gasteiger partial charge in [0.1, 0.15) is 5.41 Å². The van der Waals surface area contributed by atoms with Crippen LogP contribution in [0.4, 0.5) is 0 Å². The highest BCUT2D eigenvalue weighted by molar-refractivity contribution is 5.92. The van der Waals surface area contributed by atoms with Crippen LogP contribution in [0.3, 0.4) is 0 Å². The van der Waals surface area contributed by atoms with Gasteiger partial charge in [0.2, 0.25) is 0 Å². The Kier molecular flexibility index (Phi) is 8.08. The Bertz CT molecular complexity index is 401. The van der Waals surface area contributed by atoms with E-state index in [-0.39, 0.29) is 19.4 Å². The van der Waals surface area contributed by atoms with E-state index >= 15 is 0 Å². The number of aliphatic carboxylic acids is 2. The van der Waals surface area contributed by atoms with E-state index in [0.29, 0.717) is 6.42 Å². The number of carbonyl (C=O) groups excluding carboxylic acids is 1. The quantitative estimate of drug-likeness (QED) is 0.392. The number of hydrogen-bond acceptors (Lipinski definition) is 5. The molecule has 7 nitrogen and oxygen atoms in total. The molecule has 0 radical (unpaired) electrons. The van der Waals surface area contributed by atoms with Gasteiger partial charge in [0, 0.05) is 0 Å². The van der Waals surface area contributed by atoms with Crippen LogP contribution in [-0.2, 0) is 19.1 Å². The normalized spacial score (nSPS) is 14.2. The van der Waals surface area contributed by atoms with Crippen molar-refractivity contribution in [3.05, 3.63) is 0 Å². The van der Waals surface area contributed by atoms with Crippen molar-refractivity contribution in [3.63, 3.8) is 0 Å². The minimum absolute atomic E-state index is 0.0355. The molecule has 128 valence electrons. The molecule has 0 aromatic carbocycles. The third kappa shape index (κ3) is 4.19. The predicted molar refractivity (Wildman–Crippen MR) is 78.3 cm³/mol. The lowest BCUT2D eigenvalue weighted by Crippen LogP contribution is -2.59. The Balaban J connectivity index is 5.46. The second-order valence-electron chi connectivity index (χ2n) is 5.37. The van der Waals surface area contributed by atoms with E-state index in [9.17, 15) is 24.6 Å². The van der Waals surface area contributed by atoms with Crippen molar-refractivity contribution < 1.29 is 34.4 Å². The van der Waals surface area contributed by atoms with Crippen LogP contribution in [0.5, 0.6) is 0 Å². The molecule has 0 saturated heterocycles. The van der Waals surface area contributed by atoms with Gasteiger partial charge in [-0.2, -0.15) is 0 Å². The highest BCUT2D eigenvalue weighted by atomic mass is 16.5. The lowest BCUT2D eigenvalue weighted by Gasteiger charge is -2.40. The van der Waals surface area contributed by atoms with Crippen LogP contribution >= 0.6 is 0 Å². The molecular formula is C15H26O7. The number of carbonyl (C=O) groups is 3. The Hall–Kier alpha value is -1.63. The molecule has 0 spiro atoms. The van der Waals surface area contributed by atoms with Gasteiger partial charge >= 0.3 is 17.9 Å². The van der Waals surface area contributed by atoms with Crippen LogP contribution < -0.4 is 0 Å². The van der Waals surface area contributed by atoms with E-state index < -0.39 is 35.3 Å². The van der Waals surface area contributed by atoms with Crippen molar-refractivity contribution in [2.24, 2.45) is 5.41 Å². The number of rotatable bonds is 11. The maximum atomic E-state index is 12.4. The summed E-state index contributed by atoms with van der Waals surface area (Å²) in [5.74, 6) is -4.08. The number of unbranched alkanes of at least 4 members (excludes halogenated alkanes) is 2. The minimum atomic E-state index is -2.70. The Labute approximate surface area is 130 Å². The monoisotopic (exact) mass is 318 g/mol. The third-order valence-corrected chi connectivity index (χ3v) is 4.13. The van der Waals surface area contributed by atoms with Gasteiger partial charge in [-0.3, -0.25) is 9.59 Å². The molecule has 0 fully saturated rings. The van der Waals surface area contributed by atoms with Gasteiger partial charge in [-0.1, -0.05) is 33.6 Å². The number of carboxylic acids is 2. The number of esters is 1. The third-order valence-electron chi connectivity index (χ3n) is 4.13. The van der Waals surface area contributed by atoms with E-state index in [1.165, 1.54) is 13.8 Å². The second-order valence-corrected chi connectivity index (χ2v) is 5.37. The van der Waals surface area contributed by atoms with Crippen LogP contribution in [-0.4, -0.2) is 45.4 Å². The van der Waals surface area contributed by atoms with E-state index in [1.54, 1.807) is 0 Å². The first-order valence-electron chi connectivity index (χ1n) is 7.56. The zero-order valence-corrected chi connectivity index (χ0v) is 13.4. The summed E-state index contributed by atoms with van der Waals surface area (Å²) in [6.45, 7) is 5.18. The molecule has 0 aromatic heterocycles. The fourth-order valence-corrected chi connectivity index (χ4v) is 2.62. The van der Waals surface area contributed by atoms with Gasteiger partial charge in [0.05, 0.1) is 13.0 Å². The second kappa shape index (κ2) is 8.73. The predicted octanol–water partition coefficient (Wildman–Crippen LogP) is 1.82. The molecule has 0 aromatic rings. The first-order valence-corrected chi connectivity index (χ1v) is 7.56. The molecule has 7 heteroatoms. The molecule has 0 saturated carbocycles. The minimum Gasteiger partial charge on any atom is -0.481 e. The topological polar surface area (TPSA) is 121 Å². The lowest BCUT2D eigenvalue weighted by molar-refractivity contribution is -0.198. The molecule has 22 heavy (non-hydrogen) atoms. The van der Waals surface area contributed by atoms with Gasteiger partial charge in [0.25, 0.3) is 0 Å². The highest BCUT2D eigenvalue weighted by Crippen LogP contribution is 2.42. The van der Waals surface area contributed by atoms with Crippen molar-refractivity contribution in [1.82, 2.24) is 0 Å². The van der Waals surface area contributed by atoms with Crippen molar-refractivity contribution in [1.29, 1.82) is 0 Å².